The number of ether oxygens (including phenoxy) is 1. The van der Waals surface area contributed by atoms with Gasteiger partial charge in [-0.2, -0.15) is 0 Å². The lowest BCUT2D eigenvalue weighted by molar-refractivity contribution is -0.0239. The number of benzene rings is 1. The topological polar surface area (TPSA) is 32.7 Å². The van der Waals surface area contributed by atoms with Crippen molar-refractivity contribution in [2.75, 3.05) is 20.3 Å². The lowest BCUT2D eigenvalue weighted by Gasteiger charge is -2.43. The summed E-state index contributed by atoms with van der Waals surface area (Å²) in [6.45, 7) is 2.68. The van der Waals surface area contributed by atoms with Crippen LogP contribution in [0.1, 0.15) is 31.2 Å². The smallest absolute Gasteiger partial charge is 0.0695 e. The van der Waals surface area contributed by atoms with Crippen molar-refractivity contribution < 1.29 is 9.84 Å². The van der Waals surface area contributed by atoms with Crippen molar-refractivity contribution in [1.82, 2.24) is 4.90 Å². The first-order valence-corrected chi connectivity index (χ1v) is 7.69. The molecule has 1 N–H and O–H groups in total. The highest BCUT2D eigenvalue weighted by Crippen LogP contribution is 2.44. The first-order chi connectivity index (χ1) is 9.69. The van der Waals surface area contributed by atoms with Crippen molar-refractivity contribution in [3.8, 4) is 0 Å². The fourth-order valence-electron chi connectivity index (χ4n) is 3.77. The third kappa shape index (κ3) is 2.90. The molecule has 0 bridgehead atoms. The Morgan fingerprint density at radius 3 is 2.80 bits per heavy atom. The van der Waals surface area contributed by atoms with Gasteiger partial charge in [-0.3, -0.25) is 4.90 Å². The van der Waals surface area contributed by atoms with Crippen LogP contribution < -0.4 is 0 Å². The molecule has 2 aliphatic rings. The van der Waals surface area contributed by atoms with Crippen LogP contribution in [0.25, 0.3) is 0 Å². The van der Waals surface area contributed by atoms with Crippen LogP contribution in [0.3, 0.4) is 0 Å². The number of hydrogen-bond donors (Lipinski definition) is 1. The molecule has 110 valence electrons. The van der Waals surface area contributed by atoms with Gasteiger partial charge in [0.2, 0.25) is 0 Å². The monoisotopic (exact) mass is 275 g/mol. The van der Waals surface area contributed by atoms with Crippen molar-refractivity contribution in [3.05, 3.63) is 35.9 Å². The molecular weight excluding hydrogens is 250 g/mol. The molecule has 0 aromatic heterocycles. The van der Waals surface area contributed by atoms with Gasteiger partial charge in [0.25, 0.3) is 0 Å². The summed E-state index contributed by atoms with van der Waals surface area (Å²) in [5.74, 6) is 0. The van der Waals surface area contributed by atoms with E-state index in [9.17, 15) is 5.11 Å². The van der Waals surface area contributed by atoms with Crippen molar-refractivity contribution >= 4 is 0 Å². The van der Waals surface area contributed by atoms with Crippen molar-refractivity contribution in [2.45, 2.75) is 44.4 Å². The largest absolute Gasteiger partial charge is 0.391 e. The van der Waals surface area contributed by atoms with Crippen LogP contribution in [-0.2, 0) is 11.3 Å². The second kappa shape index (κ2) is 5.84. The summed E-state index contributed by atoms with van der Waals surface area (Å²) >= 11 is 0. The summed E-state index contributed by atoms with van der Waals surface area (Å²) in [7, 11) is 2.13. The van der Waals surface area contributed by atoms with Crippen LogP contribution >= 0.6 is 0 Å². The lowest BCUT2D eigenvalue weighted by Crippen LogP contribution is -2.49. The van der Waals surface area contributed by atoms with Crippen molar-refractivity contribution in [3.63, 3.8) is 0 Å². The van der Waals surface area contributed by atoms with E-state index in [2.05, 4.69) is 36.2 Å². The number of hydrogen-bond acceptors (Lipinski definition) is 3. The molecule has 3 nitrogen and oxygen atoms in total. The Morgan fingerprint density at radius 2 is 2.10 bits per heavy atom. The maximum absolute atomic E-state index is 10.4. The second-order valence-electron chi connectivity index (χ2n) is 6.58. The van der Waals surface area contributed by atoms with Gasteiger partial charge in [-0.25, -0.2) is 0 Å². The molecule has 3 heteroatoms. The van der Waals surface area contributed by atoms with Crippen molar-refractivity contribution in [2.24, 2.45) is 5.41 Å². The van der Waals surface area contributed by atoms with Crippen LogP contribution in [0.5, 0.6) is 0 Å². The zero-order valence-corrected chi connectivity index (χ0v) is 12.3. The average molecular weight is 275 g/mol. The van der Waals surface area contributed by atoms with Crippen LogP contribution in [0.4, 0.5) is 0 Å². The minimum atomic E-state index is -0.199. The lowest BCUT2D eigenvalue weighted by atomic mass is 9.70. The van der Waals surface area contributed by atoms with Gasteiger partial charge in [0, 0.05) is 19.2 Å². The maximum Gasteiger partial charge on any atom is 0.0695 e. The molecule has 0 amide bonds. The summed E-state index contributed by atoms with van der Waals surface area (Å²) in [4.78, 5) is 2.32. The highest BCUT2D eigenvalue weighted by atomic mass is 16.5. The molecule has 1 heterocycles. The minimum Gasteiger partial charge on any atom is -0.391 e. The highest BCUT2D eigenvalue weighted by Gasteiger charge is 2.43. The molecule has 1 aromatic carbocycles. The van der Waals surface area contributed by atoms with E-state index < -0.39 is 0 Å². The van der Waals surface area contributed by atoms with Gasteiger partial charge in [0.05, 0.1) is 12.7 Å². The van der Waals surface area contributed by atoms with E-state index in [0.29, 0.717) is 5.41 Å². The second-order valence-corrected chi connectivity index (χ2v) is 6.58. The predicted molar refractivity (Wildman–Crippen MR) is 79.4 cm³/mol. The molecule has 0 radical (unpaired) electrons. The summed E-state index contributed by atoms with van der Waals surface area (Å²) < 4.78 is 5.62. The third-order valence-corrected chi connectivity index (χ3v) is 5.08. The van der Waals surface area contributed by atoms with Crippen LogP contribution in [0.2, 0.25) is 0 Å². The molecule has 1 unspecified atom stereocenters. The van der Waals surface area contributed by atoms with E-state index in [1.807, 2.05) is 6.07 Å². The summed E-state index contributed by atoms with van der Waals surface area (Å²) in [5.41, 5.74) is 1.64. The molecule has 1 aliphatic carbocycles. The average Bonchev–Trinajstić information content (AvgIpc) is 2.91. The van der Waals surface area contributed by atoms with E-state index in [-0.39, 0.29) is 12.1 Å². The van der Waals surface area contributed by atoms with Gasteiger partial charge in [0.1, 0.15) is 0 Å². The molecular formula is C17H25NO2. The number of aliphatic hydroxyl groups excluding tert-OH is 1. The van der Waals surface area contributed by atoms with Gasteiger partial charge in [0.15, 0.2) is 0 Å². The predicted octanol–water partition coefficient (Wildman–Crippen LogP) is 2.44. The van der Waals surface area contributed by atoms with E-state index in [1.54, 1.807) is 0 Å². The Balaban J connectivity index is 1.67. The molecule has 3 atom stereocenters. The Bertz CT molecular complexity index is 428. The first kappa shape index (κ1) is 14.1. The Hall–Kier alpha value is -0.900. The number of nitrogens with zero attached hydrogens (tertiary/aromatic N) is 1. The summed E-state index contributed by atoms with van der Waals surface area (Å²) in [6.07, 6.45) is 4.05. The Labute approximate surface area is 121 Å². The Kier molecular flexibility index (Phi) is 4.11. The summed E-state index contributed by atoms with van der Waals surface area (Å²) in [5, 5.41) is 10.4. The van der Waals surface area contributed by atoms with E-state index in [4.69, 9.17) is 4.74 Å². The quantitative estimate of drug-likeness (QED) is 0.919. The fourth-order valence-corrected chi connectivity index (χ4v) is 3.77. The number of likely N-dealkylation sites (N-methyl/N-ethyl adjacent to an activating group) is 1. The zero-order chi connectivity index (χ0) is 14.0. The third-order valence-electron chi connectivity index (χ3n) is 5.08. The standard InChI is InChI=1S/C17H25NO2/c1-18(12-14-5-3-2-4-6-14)15-11-17(8-7-16(15)19)9-10-20-13-17/h2-6,15-16,19H,7-13H2,1H3/t15-,16-,17?/m1/s1. The molecule has 1 aliphatic heterocycles. The van der Waals surface area contributed by atoms with E-state index >= 15 is 0 Å². The van der Waals surface area contributed by atoms with Crippen LogP contribution in [0.15, 0.2) is 30.3 Å². The van der Waals surface area contributed by atoms with E-state index in [0.717, 1.165) is 45.4 Å². The van der Waals surface area contributed by atoms with E-state index in [1.165, 1.54) is 5.56 Å². The SMILES string of the molecule is CN(Cc1ccccc1)[C@@H]1CC2(CCOC2)CC[C@H]1O. The van der Waals surface area contributed by atoms with Crippen LogP contribution in [-0.4, -0.2) is 42.4 Å². The van der Waals surface area contributed by atoms with Gasteiger partial charge < -0.3 is 9.84 Å². The molecule has 1 saturated carbocycles. The highest BCUT2D eigenvalue weighted by molar-refractivity contribution is 5.14. The van der Waals surface area contributed by atoms with Crippen molar-refractivity contribution in [1.29, 1.82) is 0 Å². The molecule has 1 spiro atoms. The molecule has 2 fully saturated rings. The molecule has 1 saturated heterocycles. The normalized spacial score (nSPS) is 34.0. The maximum atomic E-state index is 10.4. The fraction of sp³-hybridized carbons (Fsp3) is 0.647. The Morgan fingerprint density at radius 1 is 1.30 bits per heavy atom. The summed E-state index contributed by atoms with van der Waals surface area (Å²) in [6, 6.07) is 10.8. The van der Waals surface area contributed by atoms with Gasteiger partial charge >= 0.3 is 0 Å². The van der Waals surface area contributed by atoms with Crippen LogP contribution in [0, 0.1) is 5.41 Å². The minimum absolute atomic E-state index is 0.199. The van der Waals surface area contributed by atoms with Gasteiger partial charge in [-0.05, 0) is 43.7 Å². The van der Waals surface area contributed by atoms with Gasteiger partial charge in [-0.1, -0.05) is 30.3 Å². The first-order valence-electron chi connectivity index (χ1n) is 7.69. The number of aliphatic hydroxyl groups is 1. The number of rotatable bonds is 3. The molecule has 1 aromatic rings. The van der Waals surface area contributed by atoms with Gasteiger partial charge in [-0.15, -0.1) is 0 Å². The molecule has 3 rings (SSSR count). The molecule has 20 heavy (non-hydrogen) atoms. The zero-order valence-electron chi connectivity index (χ0n) is 12.3.